The van der Waals surface area contributed by atoms with Gasteiger partial charge in [-0.15, -0.1) is 0 Å². The van der Waals surface area contributed by atoms with Gasteiger partial charge >= 0.3 is 0 Å². The number of hydrogen-bond donors (Lipinski definition) is 0. The quantitative estimate of drug-likeness (QED) is 0.148. The standard InChI is InChI=1S/C32H58/c1-4-7-10-13-16-19-22-26-31-28-24-27-30(25-21-18-15-12-9-6-3)32(31)29-23-20-17-14-11-8-5-2/h24,27-28H,4-23,25-26,29H2,1-3H3. The van der Waals surface area contributed by atoms with E-state index < -0.39 is 0 Å². The van der Waals surface area contributed by atoms with Crippen LogP contribution >= 0.6 is 0 Å². The van der Waals surface area contributed by atoms with Crippen molar-refractivity contribution in [1.82, 2.24) is 0 Å². The molecule has 0 spiro atoms. The number of hydrogen-bond acceptors (Lipinski definition) is 0. The molecule has 0 saturated carbocycles. The summed E-state index contributed by atoms with van der Waals surface area (Å²) in [6, 6.07) is 7.27. The lowest BCUT2D eigenvalue weighted by atomic mass is 9.90. The Morgan fingerprint density at radius 2 is 0.688 bits per heavy atom. The first-order chi connectivity index (χ1) is 15.8. The Morgan fingerprint density at radius 1 is 0.375 bits per heavy atom. The Hall–Kier alpha value is -0.780. The average molecular weight is 443 g/mol. The molecule has 0 aliphatic heterocycles. The summed E-state index contributed by atoms with van der Waals surface area (Å²) >= 11 is 0. The van der Waals surface area contributed by atoms with Gasteiger partial charge in [-0.2, -0.15) is 0 Å². The highest BCUT2D eigenvalue weighted by Gasteiger charge is 2.09. The fraction of sp³-hybridized carbons (Fsp3) is 0.812. The van der Waals surface area contributed by atoms with Gasteiger partial charge in [0.15, 0.2) is 0 Å². The zero-order valence-corrected chi connectivity index (χ0v) is 22.5. The summed E-state index contributed by atoms with van der Waals surface area (Å²) in [7, 11) is 0. The molecule has 1 rings (SSSR count). The monoisotopic (exact) mass is 442 g/mol. The van der Waals surface area contributed by atoms with Crippen LogP contribution in [0.4, 0.5) is 0 Å². The van der Waals surface area contributed by atoms with Gasteiger partial charge in [-0.25, -0.2) is 0 Å². The Bertz CT molecular complexity index is 515. The number of rotatable bonds is 23. The first-order valence-corrected chi connectivity index (χ1v) is 14.9. The molecular formula is C32H58. The largest absolute Gasteiger partial charge is 0.0654 e. The molecule has 0 N–H and O–H groups in total. The van der Waals surface area contributed by atoms with Gasteiger partial charge in [0, 0.05) is 0 Å². The molecule has 0 unspecified atom stereocenters. The summed E-state index contributed by atoms with van der Waals surface area (Å²) in [4.78, 5) is 0. The van der Waals surface area contributed by atoms with Crippen LogP contribution in [-0.4, -0.2) is 0 Å². The minimum atomic E-state index is 1.31. The van der Waals surface area contributed by atoms with Crippen LogP contribution in [0.2, 0.25) is 0 Å². The van der Waals surface area contributed by atoms with Gasteiger partial charge in [0.1, 0.15) is 0 Å². The van der Waals surface area contributed by atoms with Gasteiger partial charge in [0.05, 0.1) is 0 Å². The van der Waals surface area contributed by atoms with Crippen LogP contribution in [0.5, 0.6) is 0 Å². The maximum absolute atomic E-state index is 2.46. The normalized spacial score (nSPS) is 11.3. The Labute approximate surface area is 203 Å². The van der Waals surface area contributed by atoms with Crippen LogP contribution in [0, 0.1) is 0 Å². The van der Waals surface area contributed by atoms with E-state index in [1.54, 1.807) is 16.7 Å². The molecule has 0 heterocycles. The molecule has 0 amide bonds. The number of benzene rings is 1. The van der Waals surface area contributed by atoms with Crippen molar-refractivity contribution in [3.05, 3.63) is 34.9 Å². The first-order valence-electron chi connectivity index (χ1n) is 14.9. The summed E-state index contributed by atoms with van der Waals surface area (Å²) < 4.78 is 0. The minimum Gasteiger partial charge on any atom is -0.0654 e. The van der Waals surface area contributed by atoms with E-state index >= 15 is 0 Å². The van der Waals surface area contributed by atoms with Crippen LogP contribution in [0.3, 0.4) is 0 Å². The van der Waals surface area contributed by atoms with Crippen molar-refractivity contribution >= 4 is 0 Å². The third-order valence-electron chi connectivity index (χ3n) is 7.25. The van der Waals surface area contributed by atoms with Crippen molar-refractivity contribution < 1.29 is 0 Å². The summed E-state index contributed by atoms with van der Waals surface area (Å²) in [5, 5.41) is 0. The third-order valence-corrected chi connectivity index (χ3v) is 7.25. The predicted molar refractivity (Wildman–Crippen MR) is 147 cm³/mol. The number of unbranched alkanes of at least 4 members (excludes halogenated alkanes) is 17. The van der Waals surface area contributed by atoms with Gasteiger partial charge in [0.2, 0.25) is 0 Å². The second-order valence-electron chi connectivity index (χ2n) is 10.3. The van der Waals surface area contributed by atoms with Crippen LogP contribution in [-0.2, 0) is 19.3 Å². The molecule has 0 saturated heterocycles. The molecule has 0 bridgehead atoms. The topological polar surface area (TPSA) is 0 Å². The molecular weight excluding hydrogens is 384 g/mol. The van der Waals surface area contributed by atoms with Crippen molar-refractivity contribution in [2.45, 2.75) is 168 Å². The van der Waals surface area contributed by atoms with E-state index in [1.807, 2.05) is 0 Å². The minimum absolute atomic E-state index is 1.31. The highest BCUT2D eigenvalue weighted by molar-refractivity contribution is 5.36. The van der Waals surface area contributed by atoms with Crippen LogP contribution in [0.1, 0.15) is 166 Å². The molecule has 0 atom stereocenters. The van der Waals surface area contributed by atoms with E-state index in [0.29, 0.717) is 0 Å². The molecule has 0 aliphatic carbocycles. The van der Waals surface area contributed by atoms with E-state index in [0.717, 1.165) is 0 Å². The second-order valence-corrected chi connectivity index (χ2v) is 10.3. The van der Waals surface area contributed by atoms with E-state index in [2.05, 4.69) is 39.0 Å². The van der Waals surface area contributed by atoms with E-state index in [9.17, 15) is 0 Å². The Morgan fingerprint density at radius 3 is 1.06 bits per heavy atom. The van der Waals surface area contributed by atoms with Crippen molar-refractivity contribution in [2.75, 3.05) is 0 Å². The molecule has 0 fully saturated rings. The van der Waals surface area contributed by atoms with Gasteiger partial charge < -0.3 is 0 Å². The van der Waals surface area contributed by atoms with Gasteiger partial charge in [-0.1, -0.05) is 148 Å². The van der Waals surface area contributed by atoms with E-state index in [1.165, 1.54) is 148 Å². The maximum Gasteiger partial charge on any atom is -0.0273 e. The van der Waals surface area contributed by atoms with Crippen LogP contribution < -0.4 is 0 Å². The Balaban J connectivity index is 2.52. The number of aryl methyl sites for hydroxylation is 2. The Kier molecular flexibility index (Phi) is 20.1. The van der Waals surface area contributed by atoms with Crippen LogP contribution in [0.15, 0.2) is 18.2 Å². The summed E-state index contributed by atoms with van der Waals surface area (Å²) in [6.07, 6.45) is 32.2. The second kappa shape index (κ2) is 22.0. The summed E-state index contributed by atoms with van der Waals surface area (Å²) in [6.45, 7) is 6.94. The third kappa shape index (κ3) is 15.1. The molecule has 0 radical (unpaired) electrons. The summed E-state index contributed by atoms with van der Waals surface area (Å²) in [5.41, 5.74) is 5.13. The summed E-state index contributed by atoms with van der Waals surface area (Å²) in [5.74, 6) is 0. The lowest BCUT2D eigenvalue weighted by molar-refractivity contribution is 0.580. The molecule has 1 aromatic carbocycles. The van der Waals surface area contributed by atoms with E-state index in [4.69, 9.17) is 0 Å². The lowest BCUT2D eigenvalue weighted by Crippen LogP contribution is -2.02. The fourth-order valence-electron chi connectivity index (χ4n) is 5.10. The van der Waals surface area contributed by atoms with E-state index in [-0.39, 0.29) is 0 Å². The molecule has 186 valence electrons. The molecule has 0 aromatic heterocycles. The highest BCUT2D eigenvalue weighted by atomic mass is 14.1. The predicted octanol–water partition coefficient (Wildman–Crippen LogP) is 11.2. The average Bonchev–Trinajstić information content (AvgIpc) is 2.81. The maximum atomic E-state index is 2.46. The molecule has 32 heavy (non-hydrogen) atoms. The molecule has 0 aliphatic rings. The van der Waals surface area contributed by atoms with Gasteiger partial charge in [-0.05, 0) is 55.2 Å². The van der Waals surface area contributed by atoms with Gasteiger partial charge in [0.25, 0.3) is 0 Å². The smallest absolute Gasteiger partial charge is 0.0273 e. The first kappa shape index (κ1) is 29.3. The van der Waals surface area contributed by atoms with Gasteiger partial charge in [-0.3, -0.25) is 0 Å². The fourth-order valence-corrected chi connectivity index (χ4v) is 5.10. The van der Waals surface area contributed by atoms with Crippen LogP contribution in [0.25, 0.3) is 0 Å². The molecule has 0 heteroatoms. The zero-order valence-electron chi connectivity index (χ0n) is 22.5. The van der Waals surface area contributed by atoms with Crippen molar-refractivity contribution in [2.24, 2.45) is 0 Å². The van der Waals surface area contributed by atoms with Crippen molar-refractivity contribution in [1.29, 1.82) is 0 Å². The zero-order chi connectivity index (χ0) is 23.1. The highest BCUT2D eigenvalue weighted by Crippen LogP contribution is 2.23. The lowest BCUT2D eigenvalue weighted by Gasteiger charge is -2.16. The SMILES string of the molecule is CCCCCCCCCc1cccc(CCCCCCCC)c1CCCCCCCCC. The molecule has 1 aromatic rings. The molecule has 0 nitrogen and oxygen atoms in total. The van der Waals surface area contributed by atoms with Crippen molar-refractivity contribution in [3.8, 4) is 0 Å². The van der Waals surface area contributed by atoms with Crippen molar-refractivity contribution in [3.63, 3.8) is 0 Å².